The Hall–Kier alpha value is -0.530. The molecule has 1 unspecified atom stereocenters. The molecule has 1 aromatic carbocycles. The highest BCUT2D eigenvalue weighted by Gasteiger charge is 2.32. The summed E-state index contributed by atoms with van der Waals surface area (Å²) >= 11 is 5.89. The molecule has 0 spiro atoms. The second-order valence-corrected chi connectivity index (χ2v) is 6.24. The van der Waals surface area contributed by atoms with Gasteiger partial charge in [-0.05, 0) is 50.6 Å². The molecule has 6 heteroatoms. The molecule has 0 amide bonds. The van der Waals surface area contributed by atoms with Gasteiger partial charge in [0, 0.05) is 31.2 Å². The fourth-order valence-electron chi connectivity index (χ4n) is 2.46. The number of hydrogen-bond donors (Lipinski definition) is 2. The monoisotopic (exact) mass is 436 g/mol. The second kappa shape index (κ2) is 9.57. The summed E-state index contributed by atoms with van der Waals surface area (Å²) < 4.78 is 0. The summed E-state index contributed by atoms with van der Waals surface area (Å²) in [7, 11) is 6.10. The molecule has 0 saturated heterocycles. The van der Waals surface area contributed by atoms with Crippen molar-refractivity contribution in [3.05, 3.63) is 34.9 Å². The lowest BCUT2D eigenvalue weighted by Gasteiger charge is -2.25. The van der Waals surface area contributed by atoms with E-state index in [1.807, 2.05) is 24.3 Å². The zero-order valence-electron chi connectivity index (χ0n) is 13.5. The number of aliphatic imine (C=N–C) groups is 1. The molecule has 2 N–H and O–H groups in total. The normalized spacial score (nSPS) is 16.1. The molecule has 1 aliphatic carbocycles. The summed E-state index contributed by atoms with van der Waals surface area (Å²) in [5, 5.41) is 7.52. The van der Waals surface area contributed by atoms with Crippen LogP contribution in [0.15, 0.2) is 29.3 Å². The summed E-state index contributed by atoms with van der Waals surface area (Å²) in [6.07, 6.45) is 2.70. The molecule has 0 aliphatic heterocycles. The molecule has 0 bridgehead atoms. The number of halogens is 2. The van der Waals surface area contributed by atoms with E-state index in [4.69, 9.17) is 11.6 Å². The van der Waals surface area contributed by atoms with Gasteiger partial charge >= 0.3 is 0 Å². The fraction of sp³-hybridized carbons (Fsp3) is 0.562. The summed E-state index contributed by atoms with van der Waals surface area (Å²) in [5.41, 5.74) is 1.19. The largest absolute Gasteiger partial charge is 0.355 e. The Morgan fingerprint density at radius 3 is 2.41 bits per heavy atom. The van der Waals surface area contributed by atoms with Crippen molar-refractivity contribution in [2.75, 3.05) is 27.7 Å². The first-order valence-electron chi connectivity index (χ1n) is 7.45. The first-order valence-corrected chi connectivity index (χ1v) is 7.83. The minimum atomic E-state index is 0. The summed E-state index contributed by atoms with van der Waals surface area (Å²) in [4.78, 5) is 6.58. The van der Waals surface area contributed by atoms with Crippen molar-refractivity contribution in [3.8, 4) is 0 Å². The molecule has 1 fully saturated rings. The van der Waals surface area contributed by atoms with Gasteiger partial charge in [0.15, 0.2) is 5.96 Å². The number of nitrogens with one attached hydrogen (secondary N) is 2. The van der Waals surface area contributed by atoms with Gasteiger partial charge in [-0.15, -0.1) is 24.0 Å². The predicted octanol–water partition coefficient (Wildman–Crippen LogP) is 2.96. The first kappa shape index (κ1) is 19.5. The van der Waals surface area contributed by atoms with Crippen LogP contribution in [-0.4, -0.2) is 44.6 Å². The highest BCUT2D eigenvalue weighted by Crippen LogP contribution is 2.34. The minimum Gasteiger partial charge on any atom is -0.355 e. The molecule has 0 heterocycles. The maximum atomic E-state index is 5.89. The number of nitrogens with zero attached hydrogens (tertiary/aromatic N) is 2. The highest BCUT2D eigenvalue weighted by atomic mass is 127. The predicted molar refractivity (Wildman–Crippen MR) is 105 cm³/mol. The smallest absolute Gasteiger partial charge is 0.191 e. The average Bonchev–Trinajstić information content (AvgIpc) is 3.28. The van der Waals surface area contributed by atoms with Crippen molar-refractivity contribution in [2.45, 2.75) is 25.4 Å². The van der Waals surface area contributed by atoms with E-state index in [0.29, 0.717) is 6.04 Å². The molecule has 1 aromatic rings. The molecule has 124 valence electrons. The van der Waals surface area contributed by atoms with E-state index >= 15 is 0 Å². The lowest BCUT2D eigenvalue weighted by molar-refractivity contribution is 0.264. The van der Waals surface area contributed by atoms with Gasteiger partial charge in [0.05, 0.1) is 0 Å². The zero-order chi connectivity index (χ0) is 15.2. The van der Waals surface area contributed by atoms with E-state index < -0.39 is 0 Å². The van der Waals surface area contributed by atoms with Crippen LogP contribution in [-0.2, 0) is 6.54 Å². The number of likely N-dealkylation sites (N-methyl/N-ethyl adjacent to an activating group) is 1. The van der Waals surface area contributed by atoms with Crippen molar-refractivity contribution < 1.29 is 0 Å². The SMILES string of the molecule is CN=C(NCc1ccc(Cl)cc1)NCC(C1CC1)N(C)C.I. The number of guanidine groups is 1. The Morgan fingerprint density at radius 2 is 1.91 bits per heavy atom. The lowest BCUT2D eigenvalue weighted by atomic mass is 10.1. The van der Waals surface area contributed by atoms with Crippen LogP contribution >= 0.6 is 35.6 Å². The van der Waals surface area contributed by atoms with Crippen LogP contribution in [0.2, 0.25) is 5.02 Å². The third-order valence-electron chi connectivity index (χ3n) is 3.90. The summed E-state index contributed by atoms with van der Waals surface area (Å²) in [5.74, 6) is 1.68. The van der Waals surface area contributed by atoms with Crippen molar-refractivity contribution in [1.82, 2.24) is 15.5 Å². The van der Waals surface area contributed by atoms with E-state index in [0.717, 1.165) is 30.0 Å². The van der Waals surface area contributed by atoms with Crippen molar-refractivity contribution in [1.29, 1.82) is 0 Å². The van der Waals surface area contributed by atoms with E-state index in [2.05, 4.69) is 34.6 Å². The maximum Gasteiger partial charge on any atom is 0.191 e. The average molecular weight is 437 g/mol. The van der Waals surface area contributed by atoms with Gasteiger partial charge in [-0.2, -0.15) is 0 Å². The highest BCUT2D eigenvalue weighted by molar-refractivity contribution is 14.0. The molecule has 1 aliphatic rings. The van der Waals surface area contributed by atoms with Crippen LogP contribution in [0.25, 0.3) is 0 Å². The van der Waals surface area contributed by atoms with Crippen molar-refractivity contribution in [2.24, 2.45) is 10.9 Å². The zero-order valence-corrected chi connectivity index (χ0v) is 16.6. The Kier molecular flexibility index (Phi) is 8.49. The standard InChI is InChI=1S/C16H25ClN4.HI/c1-18-16(19-10-12-4-8-14(17)9-5-12)20-11-15(21(2)3)13-6-7-13;/h4-5,8-9,13,15H,6-7,10-11H2,1-3H3,(H2,18,19,20);1H. The number of rotatable bonds is 6. The van der Waals surface area contributed by atoms with Gasteiger partial charge < -0.3 is 15.5 Å². The Labute approximate surface area is 155 Å². The van der Waals surface area contributed by atoms with Crippen LogP contribution in [0.5, 0.6) is 0 Å². The summed E-state index contributed by atoms with van der Waals surface area (Å²) in [6.45, 7) is 1.67. The van der Waals surface area contributed by atoms with E-state index in [1.54, 1.807) is 7.05 Å². The molecular weight excluding hydrogens is 411 g/mol. The molecule has 2 rings (SSSR count). The van der Waals surface area contributed by atoms with Crippen LogP contribution in [0, 0.1) is 5.92 Å². The topological polar surface area (TPSA) is 39.7 Å². The molecular formula is C16H26ClIN4. The Bertz CT molecular complexity index is 470. The van der Waals surface area contributed by atoms with Crippen LogP contribution < -0.4 is 10.6 Å². The second-order valence-electron chi connectivity index (χ2n) is 5.80. The minimum absolute atomic E-state index is 0. The molecule has 1 atom stereocenters. The van der Waals surface area contributed by atoms with Gasteiger partial charge in [0.1, 0.15) is 0 Å². The Morgan fingerprint density at radius 1 is 1.27 bits per heavy atom. The fourth-order valence-corrected chi connectivity index (χ4v) is 2.59. The first-order chi connectivity index (χ1) is 10.1. The molecule has 22 heavy (non-hydrogen) atoms. The Balaban J connectivity index is 0.00000242. The van der Waals surface area contributed by atoms with E-state index in [9.17, 15) is 0 Å². The van der Waals surface area contributed by atoms with Crippen LogP contribution in [0.4, 0.5) is 0 Å². The van der Waals surface area contributed by atoms with E-state index in [1.165, 1.54) is 18.4 Å². The van der Waals surface area contributed by atoms with Crippen LogP contribution in [0.3, 0.4) is 0 Å². The van der Waals surface area contributed by atoms with Crippen molar-refractivity contribution in [3.63, 3.8) is 0 Å². The molecule has 1 saturated carbocycles. The molecule has 0 radical (unpaired) electrons. The third kappa shape index (κ3) is 6.30. The van der Waals surface area contributed by atoms with E-state index in [-0.39, 0.29) is 24.0 Å². The van der Waals surface area contributed by atoms with Gasteiger partial charge in [0.2, 0.25) is 0 Å². The summed E-state index contributed by atoms with van der Waals surface area (Å²) in [6, 6.07) is 8.44. The van der Waals surface area contributed by atoms with Gasteiger partial charge in [0.25, 0.3) is 0 Å². The van der Waals surface area contributed by atoms with Crippen LogP contribution in [0.1, 0.15) is 18.4 Å². The third-order valence-corrected chi connectivity index (χ3v) is 4.16. The van der Waals surface area contributed by atoms with Crippen molar-refractivity contribution >= 4 is 41.5 Å². The number of hydrogen-bond acceptors (Lipinski definition) is 2. The maximum absolute atomic E-state index is 5.89. The molecule has 4 nitrogen and oxygen atoms in total. The van der Waals surface area contributed by atoms with Gasteiger partial charge in [-0.1, -0.05) is 23.7 Å². The molecule has 0 aromatic heterocycles. The van der Waals surface area contributed by atoms with Gasteiger partial charge in [-0.25, -0.2) is 0 Å². The quantitative estimate of drug-likeness (QED) is 0.409. The lowest BCUT2D eigenvalue weighted by Crippen LogP contribution is -2.45. The van der Waals surface area contributed by atoms with Gasteiger partial charge in [-0.3, -0.25) is 4.99 Å². The number of benzene rings is 1.